The third kappa shape index (κ3) is 6.56. The van der Waals surface area contributed by atoms with Crippen LogP contribution in [0.15, 0.2) is 144 Å². The maximum atomic E-state index is 16.6. The number of hydrogen-bond donors (Lipinski definition) is 3. The van der Waals surface area contributed by atoms with Crippen LogP contribution in [0.4, 0.5) is 25.5 Å². The Morgan fingerprint density at radius 1 is 0.870 bits per heavy atom. The number of nitrogens with zero attached hydrogens (tertiary/aromatic N) is 4. The summed E-state index contributed by atoms with van der Waals surface area (Å²) < 4.78 is 19.1. The van der Waals surface area contributed by atoms with E-state index in [1.165, 1.54) is 6.20 Å². The number of aromatic nitrogens is 3. The largest absolute Gasteiger partial charge is 0.464 e. The fourth-order valence-electron chi connectivity index (χ4n) is 7.02. The number of anilines is 2. The van der Waals surface area contributed by atoms with Crippen LogP contribution in [0.1, 0.15) is 46.6 Å². The number of carboxylic acid groups (broad SMARTS) is 2. The van der Waals surface area contributed by atoms with Crippen molar-refractivity contribution in [2.24, 2.45) is 0 Å². The number of imidazole rings is 1. The molecule has 1 unspecified atom stereocenters. The number of imide groups is 1. The van der Waals surface area contributed by atoms with Gasteiger partial charge in [-0.15, -0.1) is 0 Å². The number of aryl methyl sites for hydroxylation is 1. The van der Waals surface area contributed by atoms with E-state index < -0.39 is 29.6 Å². The Labute approximate surface area is 323 Å². The van der Waals surface area contributed by atoms with Gasteiger partial charge in [-0.05, 0) is 80.3 Å². The van der Waals surface area contributed by atoms with Crippen molar-refractivity contribution in [3.05, 3.63) is 189 Å². The minimum atomic E-state index is -1.69. The molecule has 1 atom stereocenters. The van der Waals surface area contributed by atoms with Gasteiger partial charge in [-0.3, -0.25) is 0 Å². The summed E-state index contributed by atoms with van der Waals surface area (Å²) >= 11 is 10.3. The first kappa shape index (κ1) is 36.3. The van der Waals surface area contributed by atoms with Gasteiger partial charge in [0.2, 0.25) is 0 Å². The number of halogens is 3. The van der Waals surface area contributed by atoms with Gasteiger partial charge in [0, 0.05) is 29.0 Å². The second-order valence-corrected chi connectivity index (χ2v) is 13.7. The Balaban J connectivity index is 1.51. The second-order valence-electron chi connectivity index (χ2n) is 12.5. The SMILES string of the molecule is CCc1cc(Cl)c(F)c(C(Nc2ccc3c(N(C(=O)O)C(=O)O)nccc3c2)c2nc(Br)cn2C(c2ccccc2)(c2ccccc2)c2ccccc2)c1. The van der Waals surface area contributed by atoms with Crippen molar-refractivity contribution in [3.63, 3.8) is 0 Å². The molecule has 3 N–H and O–H groups in total. The van der Waals surface area contributed by atoms with Crippen LogP contribution >= 0.6 is 27.5 Å². The molecule has 2 amide bonds. The summed E-state index contributed by atoms with van der Waals surface area (Å²) in [5, 5.41) is 23.6. The van der Waals surface area contributed by atoms with Gasteiger partial charge in [0.25, 0.3) is 0 Å². The molecule has 0 radical (unpaired) electrons. The molecule has 0 spiro atoms. The summed E-state index contributed by atoms with van der Waals surface area (Å²) in [7, 11) is 0. The van der Waals surface area contributed by atoms with Crippen molar-refractivity contribution in [1.82, 2.24) is 14.5 Å². The van der Waals surface area contributed by atoms with Crippen molar-refractivity contribution in [3.8, 4) is 0 Å². The minimum absolute atomic E-state index is 0.0366. The van der Waals surface area contributed by atoms with Gasteiger partial charge < -0.3 is 20.1 Å². The molecule has 270 valence electrons. The van der Waals surface area contributed by atoms with Crippen molar-refractivity contribution in [2.75, 3.05) is 10.2 Å². The molecule has 2 heterocycles. The Morgan fingerprint density at radius 2 is 1.44 bits per heavy atom. The van der Waals surface area contributed by atoms with Crippen LogP contribution in [0, 0.1) is 5.82 Å². The third-order valence-electron chi connectivity index (χ3n) is 9.38. The van der Waals surface area contributed by atoms with Crippen molar-refractivity contribution in [2.45, 2.75) is 24.9 Å². The van der Waals surface area contributed by atoms with E-state index in [9.17, 15) is 19.8 Å². The number of nitrogens with one attached hydrogen (secondary N) is 1. The molecule has 0 aliphatic carbocycles. The molecule has 2 aromatic heterocycles. The predicted octanol–water partition coefficient (Wildman–Crippen LogP) is 10.8. The summed E-state index contributed by atoms with van der Waals surface area (Å²) in [6, 6.07) is 39.1. The smallest absolute Gasteiger partial charge is 0.422 e. The molecule has 0 aliphatic rings. The quantitative estimate of drug-likeness (QED) is 0.118. The predicted molar refractivity (Wildman–Crippen MR) is 211 cm³/mol. The lowest BCUT2D eigenvalue weighted by Gasteiger charge is -2.39. The van der Waals surface area contributed by atoms with Crippen LogP contribution in [-0.2, 0) is 12.0 Å². The van der Waals surface area contributed by atoms with Crippen LogP contribution < -0.4 is 10.2 Å². The maximum absolute atomic E-state index is 16.6. The van der Waals surface area contributed by atoms with E-state index in [1.807, 2.05) is 67.7 Å². The van der Waals surface area contributed by atoms with Gasteiger partial charge >= 0.3 is 12.2 Å². The van der Waals surface area contributed by atoms with Crippen LogP contribution in [0.2, 0.25) is 5.02 Å². The number of pyridine rings is 1. The maximum Gasteiger partial charge on any atom is 0.422 e. The first-order valence-corrected chi connectivity index (χ1v) is 18.1. The van der Waals surface area contributed by atoms with Gasteiger partial charge in [0.1, 0.15) is 27.8 Å². The van der Waals surface area contributed by atoms with E-state index >= 15 is 4.39 Å². The molecular formula is C42H32BrClFN5O4. The summed E-state index contributed by atoms with van der Waals surface area (Å²) in [6.45, 7) is 1.96. The van der Waals surface area contributed by atoms with Gasteiger partial charge in [-0.2, -0.15) is 4.90 Å². The lowest BCUT2D eigenvalue weighted by molar-refractivity contribution is 0.184. The van der Waals surface area contributed by atoms with E-state index in [2.05, 4.69) is 67.2 Å². The third-order valence-corrected chi connectivity index (χ3v) is 10.0. The molecule has 9 nitrogen and oxygen atoms in total. The fourth-order valence-corrected chi connectivity index (χ4v) is 7.65. The first-order valence-electron chi connectivity index (χ1n) is 16.9. The number of hydrogen-bond acceptors (Lipinski definition) is 5. The molecule has 0 saturated carbocycles. The van der Waals surface area contributed by atoms with Crippen molar-refractivity contribution in [1.29, 1.82) is 0 Å². The lowest BCUT2D eigenvalue weighted by Crippen LogP contribution is -2.39. The van der Waals surface area contributed by atoms with Crippen LogP contribution in [0.3, 0.4) is 0 Å². The van der Waals surface area contributed by atoms with Gasteiger partial charge in [0.15, 0.2) is 5.82 Å². The topological polar surface area (TPSA) is 121 Å². The lowest BCUT2D eigenvalue weighted by atomic mass is 9.76. The van der Waals surface area contributed by atoms with Gasteiger partial charge in [-0.1, -0.05) is 116 Å². The zero-order chi connectivity index (χ0) is 38.0. The highest BCUT2D eigenvalue weighted by atomic mass is 79.9. The van der Waals surface area contributed by atoms with Crippen LogP contribution in [0.25, 0.3) is 10.8 Å². The van der Waals surface area contributed by atoms with Crippen molar-refractivity contribution < 1.29 is 24.2 Å². The first-order chi connectivity index (χ1) is 26.1. The standard InChI is InChI=1S/C42H32BrClFN5O4/c1-2-26-22-33(36(45)34(44)23-26)37(47-31-18-19-32-27(24-31)20-21-46-38(32)50(40(51)52)41(53)54)39-48-35(43)25-49(39)42(28-12-6-3-7-13-28,29-14-8-4-9-15-29)30-16-10-5-11-17-30/h3-25,37,47H,2H2,1H3,(H,51,52)(H,53,54). The molecule has 12 heteroatoms. The molecule has 7 rings (SSSR count). The van der Waals surface area contributed by atoms with Crippen LogP contribution in [-0.4, -0.2) is 36.9 Å². The number of benzene rings is 5. The molecule has 54 heavy (non-hydrogen) atoms. The average molecular weight is 805 g/mol. The molecule has 0 fully saturated rings. The highest BCUT2D eigenvalue weighted by Crippen LogP contribution is 2.45. The van der Waals surface area contributed by atoms with Crippen LogP contribution in [0.5, 0.6) is 0 Å². The van der Waals surface area contributed by atoms with E-state index in [0.29, 0.717) is 27.9 Å². The Kier molecular flexibility index (Phi) is 10.2. The Bertz CT molecular complexity index is 2370. The molecule has 0 aliphatic heterocycles. The van der Waals surface area contributed by atoms with E-state index in [-0.39, 0.29) is 26.7 Å². The van der Waals surface area contributed by atoms with E-state index in [0.717, 1.165) is 22.3 Å². The van der Waals surface area contributed by atoms with Gasteiger partial charge in [-0.25, -0.2) is 23.9 Å². The molecule has 5 aromatic carbocycles. The summed E-state index contributed by atoms with van der Waals surface area (Å²) in [5.74, 6) is -0.436. The summed E-state index contributed by atoms with van der Waals surface area (Å²) in [5.41, 5.74) is 3.36. The Hall–Kier alpha value is -6.04. The normalized spacial score (nSPS) is 12.0. The molecule has 0 saturated heterocycles. The summed E-state index contributed by atoms with van der Waals surface area (Å²) in [6.07, 6.45) is 0.438. The number of rotatable bonds is 10. The number of amides is 2. The molecular weight excluding hydrogens is 773 g/mol. The number of fused-ring (bicyclic) bond motifs is 1. The summed E-state index contributed by atoms with van der Waals surface area (Å²) in [4.78, 5) is 33.0. The van der Waals surface area contributed by atoms with Crippen molar-refractivity contribution >= 4 is 62.0 Å². The van der Waals surface area contributed by atoms with E-state index in [4.69, 9.17) is 16.6 Å². The molecule has 0 bridgehead atoms. The fraction of sp³-hybridized carbons (Fsp3) is 0.0952. The van der Waals surface area contributed by atoms with Gasteiger partial charge in [0.05, 0.1) is 5.02 Å². The second kappa shape index (κ2) is 15.1. The Morgan fingerprint density at radius 3 is 1.98 bits per heavy atom. The highest BCUT2D eigenvalue weighted by Gasteiger charge is 2.42. The number of carbonyl (C=O) groups is 2. The zero-order valence-electron chi connectivity index (χ0n) is 28.7. The molecule has 7 aromatic rings. The zero-order valence-corrected chi connectivity index (χ0v) is 31.0. The minimum Gasteiger partial charge on any atom is -0.464 e. The van der Waals surface area contributed by atoms with E-state index in [1.54, 1.807) is 36.4 Å². The highest BCUT2D eigenvalue weighted by molar-refractivity contribution is 9.10. The average Bonchev–Trinajstić information content (AvgIpc) is 3.57. The monoisotopic (exact) mass is 803 g/mol.